The van der Waals surface area contributed by atoms with Crippen LogP contribution in [0.25, 0.3) is 11.0 Å². The van der Waals surface area contributed by atoms with Crippen molar-refractivity contribution < 1.29 is 9.59 Å². The van der Waals surface area contributed by atoms with Crippen LogP contribution in [-0.4, -0.2) is 45.2 Å². The van der Waals surface area contributed by atoms with Crippen molar-refractivity contribution in [3.05, 3.63) is 18.2 Å². The van der Waals surface area contributed by atoms with Gasteiger partial charge in [-0.3, -0.25) is 9.59 Å². The maximum absolute atomic E-state index is 12.3. The van der Waals surface area contributed by atoms with Gasteiger partial charge in [-0.1, -0.05) is 6.07 Å². The van der Waals surface area contributed by atoms with Crippen molar-refractivity contribution in [2.45, 2.75) is 19.8 Å². The van der Waals surface area contributed by atoms with Crippen LogP contribution in [-0.2, 0) is 9.59 Å². The van der Waals surface area contributed by atoms with E-state index in [1.807, 2.05) is 18.2 Å². The number of carbonyl (C=O) groups excluding carboxylic acids is 2. The highest BCUT2D eigenvalue weighted by Crippen LogP contribution is 2.23. The minimum Gasteiger partial charge on any atom is -0.343 e. The molecule has 2 amide bonds. The molecule has 0 spiro atoms. The van der Waals surface area contributed by atoms with Gasteiger partial charge in [0.1, 0.15) is 11.0 Å². The number of nitrogens with one attached hydrogen (secondary N) is 2. The van der Waals surface area contributed by atoms with E-state index in [-0.39, 0.29) is 17.7 Å². The molecular weight excluding hydrogens is 270 g/mol. The number of fused-ring (bicyclic) bond motifs is 1. The van der Waals surface area contributed by atoms with Crippen LogP contribution in [0.4, 0.5) is 5.69 Å². The van der Waals surface area contributed by atoms with E-state index in [2.05, 4.69) is 20.7 Å². The fourth-order valence-electron chi connectivity index (χ4n) is 2.66. The number of nitrogens with zero attached hydrogens (tertiary/aromatic N) is 3. The summed E-state index contributed by atoms with van der Waals surface area (Å²) in [7, 11) is 0. The lowest BCUT2D eigenvalue weighted by molar-refractivity contribution is -0.132. The van der Waals surface area contributed by atoms with E-state index < -0.39 is 0 Å². The van der Waals surface area contributed by atoms with Crippen LogP contribution in [0, 0.1) is 5.92 Å². The van der Waals surface area contributed by atoms with Crippen molar-refractivity contribution in [1.82, 2.24) is 20.3 Å². The van der Waals surface area contributed by atoms with Crippen LogP contribution in [0.1, 0.15) is 19.8 Å². The number of rotatable bonds is 2. The zero-order valence-electron chi connectivity index (χ0n) is 11.8. The Labute approximate surface area is 121 Å². The zero-order chi connectivity index (χ0) is 14.8. The third kappa shape index (κ3) is 2.72. The largest absolute Gasteiger partial charge is 0.343 e. The number of piperidine rings is 1. The highest BCUT2D eigenvalue weighted by molar-refractivity contribution is 6.00. The minimum atomic E-state index is -0.0669. The third-order valence-electron chi connectivity index (χ3n) is 3.92. The second-order valence-corrected chi connectivity index (χ2v) is 5.27. The molecule has 0 atom stereocenters. The van der Waals surface area contributed by atoms with Crippen molar-refractivity contribution >= 4 is 28.5 Å². The van der Waals surface area contributed by atoms with E-state index >= 15 is 0 Å². The number of benzene rings is 1. The smallest absolute Gasteiger partial charge is 0.227 e. The molecule has 2 N–H and O–H groups in total. The van der Waals surface area contributed by atoms with Crippen molar-refractivity contribution in [3.8, 4) is 0 Å². The monoisotopic (exact) mass is 287 g/mol. The lowest BCUT2D eigenvalue weighted by Crippen LogP contribution is -2.40. The van der Waals surface area contributed by atoms with E-state index in [0.29, 0.717) is 37.1 Å². The summed E-state index contributed by atoms with van der Waals surface area (Å²) >= 11 is 0. The Hall–Kier alpha value is -2.44. The lowest BCUT2D eigenvalue weighted by Gasteiger charge is -2.30. The summed E-state index contributed by atoms with van der Waals surface area (Å²) in [6, 6.07) is 5.48. The van der Waals surface area contributed by atoms with Gasteiger partial charge in [-0.05, 0) is 25.0 Å². The Balaban J connectivity index is 1.67. The first-order valence-corrected chi connectivity index (χ1v) is 7.01. The number of likely N-dealkylation sites (tertiary alicyclic amines) is 1. The summed E-state index contributed by atoms with van der Waals surface area (Å²) < 4.78 is 0. The van der Waals surface area contributed by atoms with Crippen LogP contribution in [0.3, 0.4) is 0 Å². The number of carbonyl (C=O) groups is 2. The van der Waals surface area contributed by atoms with Crippen molar-refractivity contribution in [2.75, 3.05) is 18.4 Å². The number of H-pyrrole nitrogens is 1. The second kappa shape index (κ2) is 5.51. The van der Waals surface area contributed by atoms with E-state index in [1.54, 1.807) is 11.8 Å². The number of amides is 2. The predicted molar refractivity (Wildman–Crippen MR) is 77.5 cm³/mol. The summed E-state index contributed by atoms with van der Waals surface area (Å²) in [5.41, 5.74) is 2.05. The normalized spacial score (nSPS) is 16.1. The van der Waals surface area contributed by atoms with Gasteiger partial charge in [-0.25, -0.2) is 0 Å². The average Bonchev–Trinajstić information content (AvgIpc) is 2.97. The van der Waals surface area contributed by atoms with Gasteiger partial charge in [0.2, 0.25) is 11.8 Å². The molecule has 2 heterocycles. The Morgan fingerprint density at radius 2 is 2.05 bits per heavy atom. The second-order valence-electron chi connectivity index (χ2n) is 5.27. The summed E-state index contributed by atoms with van der Waals surface area (Å²) in [5.74, 6) is -0.0160. The molecule has 1 fully saturated rings. The summed E-state index contributed by atoms with van der Waals surface area (Å²) in [4.78, 5) is 25.4. The van der Waals surface area contributed by atoms with Gasteiger partial charge in [-0.2, -0.15) is 15.4 Å². The molecule has 2 aromatic rings. The molecule has 0 aliphatic carbocycles. The first-order valence-electron chi connectivity index (χ1n) is 7.01. The zero-order valence-corrected chi connectivity index (χ0v) is 11.8. The van der Waals surface area contributed by atoms with E-state index in [9.17, 15) is 9.59 Å². The molecule has 1 aliphatic heterocycles. The Bertz CT molecular complexity index is 673. The third-order valence-corrected chi connectivity index (χ3v) is 3.92. The first-order chi connectivity index (χ1) is 10.1. The number of aromatic nitrogens is 3. The Morgan fingerprint density at radius 1 is 1.29 bits per heavy atom. The number of para-hydroxylation sites is 1. The van der Waals surface area contributed by atoms with E-state index in [4.69, 9.17) is 0 Å². The molecule has 21 heavy (non-hydrogen) atoms. The molecule has 0 bridgehead atoms. The first kappa shape index (κ1) is 13.5. The lowest BCUT2D eigenvalue weighted by atomic mass is 9.96. The molecule has 1 aliphatic rings. The molecule has 7 nitrogen and oxygen atoms in total. The summed E-state index contributed by atoms with van der Waals surface area (Å²) in [6.07, 6.45) is 1.39. The van der Waals surface area contributed by atoms with Crippen LogP contribution in [0.5, 0.6) is 0 Å². The number of aromatic amines is 1. The van der Waals surface area contributed by atoms with Gasteiger partial charge >= 0.3 is 0 Å². The van der Waals surface area contributed by atoms with Gasteiger partial charge in [0.05, 0.1) is 5.69 Å². The molecular formula is C14H17N5O2. The Kier molecular flexibility index (Phi) is 3.55. The fraction of sp³-hybridized carbons (Fsp3) is 0.429. The molecule has 0 unspecified atom stereocenters. The highest BCUT2D eigenvalue weighted by atomic mass is 16.2. The molecule has 1 saturated heterocycles. The standard InChI is InChI=1S/C14H17N5O2/c1-9(20)19-7-5-10(6-8-19)14(21)15-11-3-2-4-12-13(11)17-18-16-12/h2-4,10H,5-8H2,1H3,(H,15,21)(H,16,17,18). The van der Waals surface area contributed by atoms with Crippen molar-refractivity contribution in [3.63, 3.8) is 0 Å². The average molecular weight is 287 g/mol. The molecule has 3 rings (SSSR count). The molecule has 1 aromatic heterocycles. The topological polar surface area (TPSA) is 91.0 Å². The van der Waals surface area contributed by atoms with Crippen LogP contribution >= 0.6 is 0 Å². The van der Waals surface area contributed by atoms with Gasteiger partial charge < -0.3 is 10.2 Å². The van der Waals surface area contributed by atoms with Crippen molar-refractivity contribution in [2.24, 2.45) is 5.92 Å². The quantitative estimate of drug-likeness (QED) is 0.867. The van der Waals surface area contributed by atoms with Gasteiger partial charge in [0.15, 0.2) is 0 Å². The minimum absolute atomic E-state index is 0.0197. The molecule has 7 heteroatoms. The Morgan fingerprint density at radius 3 is 2.76 bits per heavy atom. The summed E-state index contributed by atoms with van der Waals surface area (Å²) in [5, 5.41) is 13.5. The maximum atomic E-state index is 12.3. The number of hydrogen-bond acceptors (Lipinski definition) is 4. The van der Waals surface area contributed by atoms with Gasteiger partial charge in [0, 0.05) is 25.9 Å². The van der Waals surface area contributed by atoms with E-state index in [1.165, 1.54) is 0 Å². The number of anilines is 1. The molecule has 0 radical (unpaired) electrons. The molecule has 0 saturated carbocycles. The van der Waals surface area contributed by atoms with Crippen molar-refractivity contribution in [1.29, 1.82) is 0 Å². The van der Waals surface area contributed by atoms with E-state index in [0.717, 1.165) is 5.52 Å². The van der Waals surface area contributed by atoms with Crippen LogP contribution in [0.15, 0.2) is 18.2 Å². The van der Waals surface area contributed by atoms with Crippen LogP contribution in [0.2, 0.25) is 0 Å². The summed E-state index contributed by atoms with van der Waals surface area (Å²) in [6.45, 7) is 2.84. The van der Waals surface area contributed by atoms with Gasteiger partial charge in [-0.15, -0.1) is 0 Å². The predicted octanol–water partition coefficient (Wildman–Crippen LogP) is 1.15. The fourth-order valence-corrected chi connectivity index (χ4v) is 2.66. The van der Waals surface area contributed by atoms with Crippen LogP contribution < -0.4 is 5.32 Å². The number of hydrogen-bond donors (Lipinski definition) is 2. The molecule has 1 aromatic carbocycles. The highest BCUT2D eigenvalue weighted by Gasteiger charge is 2.26. The molecule has 110 valence electrons. The van der Waals surface area contributed by atoms with Gasteiger partial charge in [0.25, 0.3) is 0 Å². The maximum Gasteiger partial charge on any atom is 0.227 e. The SMILES string of the molecule is CC(=O)N1CCC(C(=O)Nc2cccc3n[nH]nc23)CC1.